The molecule has 0 aromatic heterocycles. The van der Waals surface area contributed by atoms with E-state index < -0.39 is 11.6 Å². The van der Waals surface area contributed by atoms with Crippen LogP contribution >= 0.6 is 0 Å². The predicted molar refractivity (Wildman–Crippen MR) is 105 cm³/mol. The third-order valence-corrected chi connectivity index (χ3v) is 4.97. The van der Waals surface area contributed by atoms with E-state index in [2.05, 4.69) is 43.3 Å². The van der Waals surface area contributed by atoms with Crippen molar-refractivity contribution in [3.05, 3.63) is 83.9 Å². The predicted octanol–water partition coefficient (Wildman–Crippen LogP) is 7.28. The van der Waals surface area contributed by atoms with Crippen molar-refractivity contribution < 1.29 is 8.78 Å². The van der Waals surface area contributed by atoms with E-state index in [1.807, 2.05) is 12.1 Å². The minimum atomic E-state index is -0.820. The molecule has 0 atom stereocenters. The first kappa shape index (κ1) is 16.7. The highest BCUT2D eigenvalue weighted by atomic mass is 19.2. The van der Waals surface area contributed by atoms with Gasteiger partial charge in [-0.25, -0.2) is 8.78 Å². The lowest BCUT2D eigenvalue weighted by atomic mass is 9.96. The zero-order chi connectivity index (χ0) is 18.1. The van der Waals surface area contributed by atoms with Crippen LogP contribution < -0.4 is 0 Å². The van der Waals surface area contributed by atoms with Gasteiger partial charge < -0.3 is 0 Å². The Hall–Kier alpha value is -2.74. The Morgan fingerprint density at radius 1 is 0.654 bits per heavy atom. The van der Waals surface area contributed by atoms with Crippen molar-refractivity contribution in [1.82, 2.24) is 0 Å². The quantitative estimate of drug-likeness (QED) is 0.341. The molecule has 0 N–H and O–H groups in total. The van der Waals surface area contributed by atoms with Gasteiger partial charge in [-0.15, -0.1) is 0 Å². The lowest BCUT2D eigenvalue weighted by Crippen LogP contribution is -1.87. The van der Waals surface area contributed by atoms with Crippen LogP contribution in [0.1, 0.15) is 25.3 Å². The van der Waals surface area contributed by atoms with Crippen molar-refractivity contribution in [3.8, 4) is 11.1 Å². The summed E-state index contributed by atoms with van der Waals surface area (Å²) in [4.78, 5) is 0. The van der Waals surface area contributed by atoms with Gasteiger partial charge in [0, 0.05) is 0 Å². The third-order valence-electron chi connectivity index (χ3n) is 4.97. The van der Waals surface area contributed by atoms with E-state index in [-0.39, 0.29) is 0 Å². The first-order valence-corrected chi connectivity index (χ1v) is 9.06. The number of hydrogen-bond acceptors (Lipinski definition) is 0. The highest BCUT2D eigenvalue weighted by Crippen LogP contribution is 2.31. The van der Waals surface area contributed by atoms with Crippen molar-refractivity contribution in [3.63, 3.8) is 0 Å². The molecule has 0 amide bonds. The van der Waals surface area contributed by atoms with Crippen LogP contribution in [0.2, 0.25) is 0 Å². The number of halogens is 2. The Morgan fingerprint density at radius 3 is 2.04 bits per heavy atom. The van der Waals surface area contributed by atoms with E-state index in [1.54, 1.807) is 6.07 Å². The Morgan fingerprint density at radius 2 is 1.31 bits per heavy atom. The zero-order valence-electron chi connectivity index (χ0n) is 14.7. The summed E-state index contributed by atoms with van der Waals surface area (Å²) in [5.74, 6) is -1.64. The van der Waals surface area contributed by atoms with Crippen LogP contribution in [0, 0.1) is 11.6 Å². The number of benzene rings is 4. The van der Waals surface area contributed by atoms with Gasteiger partial charge >= 0.3 is 0 Å². The number of aryl methyl sites for hydroxylation is 1. The monoisotopic (exact) mass is 346 g/mol. The van der Waals surface area contributed by atoms with E-state index in [1.165, 1.54) is 46.7 Å². The summed E-state index contributed by atoms with van der Waals surface area (Å²) < 4.78 is 26.7. The topological polar surface area (TPSA) is 0 Å². The largest absolute Gasteiger partial charge is 0.204 e. The molecule has 0 spiro atoms. The first-order chi connectivity index (χ1) is 12.7. The summed E-state index contributed by atoms with van der Waals surface area (Å²) >= 11 is 0. The maximum absolute atomic E-state index is 13.5. The molecule has 4 aromatic carbocycles. The van der Waals surface area contributed by atoms with Crippen LogP contribution in [-0.2, 0) is 6.42 Å². The number of fused-ring (bicyclic) bond motifs is 3. The van der Waals surface area contributed by atoms with E-state index in [0.717, 1.165) is 17.4 Å². The summed E-state index contributed by atoms with van der Waals surface area (Å²) in [6.45, 7) is 2.21. The fourth-order valence-corrected chi connectivity index (χ4v) is 3.51. The van der Waals surface area contributed by atoms with Gasteiger partial charge in [0.1, 0.15) is 0 Å². The van der Waals surface area contributed by atoms with E-state index >= 15 is 0 Å². The fourth-order valence-electron chi connectivity index (χ4n) is 3.51. The molecule has 0 nitrogen and oxygen atoms in total. The summed E-state index contributed by atoms with van der Waals surface area (Å²) in [5.41, 5.74) is 2.94. The average molecular weight is 346 g/mol. The molecule has 4 aromatic rings. The molecule has 0 saturated carbocycles. The van der Waals surface area contributed by atoms with Crippen LogP contribution in [0.4, 0.5) is 8.78 Å². The van der Waals surface area contributed by atoms with Gasteiger partial charge in [-0.2, -0.15) is 0 Å². The van der Waals surface area contributed by atoms with Gasteiger partial charge in [-0.05, 0) is 69.3 Å². The van der Waals surface area contributed by atoms with Crippen molar-refractivity contribution in [2.75, 3.05) is 0 Å². The van der Waals surface area contributed by atoms with Crippen LogP contribution in [0.3, 0.4) is 0 Å². The third kappa shape index (κ3) is 3.08. The average Bonchev–Trinajstić information content (AvgIpc) is 2.67. The summed E-state index contributed by atoms with van der Waals surface area (Å²) in [7, 11) is 0. The molecule has 26 heavy (non-hydrogen) atoms. The summed E-state index contributed by atoms with van der Waals surface area (Å²) in [6.07, 6.45) is 3.51. The minimum Gasteiger partial charge on any atom is -0.204 e. The van der Waals surface area contributed by atoms with Gasteiger partial charge in [0.05, 0.1) is 0 Å². The maximum Gasteiger partial charge on any atom is 0.159 e. The highest BCUT2D eigenvalue weighted by Gasteiger charge is 2.07. The zero-order valence-corrected chi connectivity index (χ0v) is 14.7. The molecule has 0 aliphatic carbocycles. The SMILES string of the molecule is CCCCc1ccc2c(ccc3cc(-c4ccc(F)c(F)c4)ccc32)c1. The number of unbranched alkanes of at least 4 members (excludes halogenated alkanes) is 1. The fraction of sp³-hybridized carbons (Fsp3) is 0.167. The second kappa shape index (κ2) is 6.87. The molecule has 0 aliphatic rings. The molecular weight excluding hydrogens is 326 g/mol. The highest BCUT2D eigenvalue weighted by molar-refractivity contribution is 6.08. The number of rotatable bonds is 4. The van der Waals surface area contributed by atoms with Crippen molar-refractivity contribution in [2.24, 2.45) is 0 Å². The Bertz CT molecular complexity index is 1100. The second-order valence-corrected chi connectivity index (χ2v) is 6.79. The molecule has 0 saturated heterocycles. The smallest absolute Gasteiger partial charge is 0.159 e. The summed E-state index contributed by atoms with van der Waals surface area (Å²) in [5, 5.41) is 4.74. The van der Waals surface area contributed by atoms with Crippen molar-refractivity contribution >= 4 is 21.5 Å². The Kier molecular flexibility index (Phi) is 4.42. The molecule has 4 rings (SSSR count). The van der Waals surface area contributed by atoms with E-state index in [9.17, 15) is 8.78 Å². The molecule has 0 bridgehead atoms. The Labute approximate surface area is 152 Å². The maximum atomic E-state index is 13.5. The molecule has 0 fully saturated rings. The minimum absolute atomic E-state index is 0.681. The molecule has 0 aliphatic heterocycles. The lowest BCUT2D eigenvalue weighted by Gasteiger charge is -2.09. The van der Waals surface area contributed by atoms with Crippen molar-refractivity contribution in [2.45, 2.75) is 26.2 Å². The molecule has 0 heterocycles. The Balaban J connectivity index is 1.79. The normalized spacial score (nSPS) is 11.3. The van der Waals surface area contributed by atoms with Crippen LogP contribution in [-0.4, -0.2) is 0 Å². The first-order valence-electron chi connectivity index (χ1n) is 9.06. The van der Waals surface area contributed by atoms with Crippen LogP contribution in [0.5, 0.6) is 0 Å². The molecule has 2 heteroatoms. The molecule has 0 radical (unpaired) electrons. The van der Waals surface area contributed by atoms with Gasteiger partial charge in [-0.1, -0.05) is 61.9 Å². The number of hydrogen-bond donors (Lipinski definition) is 0. The van der Waals surface area contributed by atoms with Crippen LogP contribution in [0.15, 0.2) is 66.7 Å². The van der Waals surface area contributed by atoms with Crippen LogP contribution in [0.25, 0.3) is 32.7 Å². The molecular formula is C24H20F2. The molecule has 0 unspecified atom stereocenters. The molecule has 130 valence electrons. The standard InChI is InChI=1S/C24H20F2/c1-2-3-4-16-5-10-21-19(13-16)6-7-20-14-17(8-11-22(20)21)18-9-12-23(25)24(26)15-18/h5-15H,2-4H2,1H3. The summed E-state index contributed by atoms with van der Waals surface area (Å²) in [6, 6.07) is 21.0. The second-order valence-electron chi connectivity index (χ2n) is 6.79. The van der Waals surface area contributed by atoms with E-state index in [0.29, 0.717) is 5.56 Å². The van der Waals surface area contributed by atoms with Gasteiger partial charge in [-0.3, -0.25) is 0 Å². The van der Waals surface area contributed by atoms with Crippen molar-refractivity contribution in [1.29, 1.82) is 0 Å². The van der Waals surface area contributed by atoms with Gasteiger partial charge in [0.2, 0.25) is 0 Å². The van der Waals surface area contributed by atoms with Gasteiger partial charge in [0.15, 0.2) is 11.6 Å². The lowest BCUT2D eigenvalue weighted by molar-refractivity contribution is 0.509. The van der Waals surface area contributed by atoms with E-state index in [4.69, 9.17) is 0 Å². The van der Waals surface area contributed by atoms with Gasteiger partial charge in [0.25, 0.3) is 0 Å².